The Balaban J connectivity index is 2.24. The number of aromatic amines is 1. The number of aromatic nitrogens is 2. The van der Waals surface area contributed by atoms with E-state index in [0.717, 1.165) is 12.8 Å². The molecular weight excluding hydrogens is 263 g/mol. The van der Waals surface area contributed by atoms with E-state index in [-0.39, 0.29) is 37.8 Å². The van der Waals surface area contributed by atoms with Crippen molar-refractivity contribution in [3.05, 3.63) is 33.1 Å². The minimum absolute atomic E-state index is 0.180. The summed E-state index contributed by atoms with van der Waals surface area (Å²) in [6.45, 7) is 0.203. The fraction of sp³-hybridized carbons (Fsp3) is 0.556. The van der Waals surface area contributed by atoms with E-state index in [4.69, 9.17) is 5.11 Å². The zero-order valence-corrected chi connectivity index (χ0v) is 9.76. The molecule has 1 aromatic heterocycles. The van der Waals surface area contributed by atoms with Crippen molar-refractivity contribution < 1.29 is 5.11 Å². The Morgan fingerprint density at radius 2 is 2.33 bits per heavy atom. The van der Waals surface area contributed by atoms with Gasteiger partial charge in [0, 0.05) is 0 Å². The van der Waals surface area contributed by atoms with Crippen LogP contribution in [0.1, 0.15) is 17.8 Å². The van der Waals surface area contributed by atoms with E-state index >= 15 is 0 Å². The van der Waals surface area contributed by atoms with Crippen molar-refractivity contribution >= 4 is 15.0 Å². The van der Waals surface area contributed by atoms with Crippen LogP contribution in [-0.2, 0) is 0 Å². The Morgan fingerprint density at radius 3 is 2.93 bits per heavy atom. The van der Waals surface area contributed by atoms with Gasteiger partial charge in [0.1, 0.15) is 0 Å². The summed E-state index contributed by atoms with van der Waals surface area (Å²) in [4.78, 5) is 25.1. The van der Waals surface area contributed by atoms with Crippen LogP contribution in [-0.4, -0.2) is 36.2 Å². The summed E-state index contributed by atoms with van der Waals surface area (Å²) in [7, 11) is 0. The Labute approximate surface area is 92.3 Å². The van der Waals surface area contributed by atoms with Crippen molar-refractivity contribution in [2.45, 2.75) is 22.6 Å². The monoisotopic (exact) mass is 276 g/mol. The second-order valence-electron chi connectivity index (χ2n) is 3.49. The number of hydrogen-bond acceptors (Lipinski definition) is 3. The Morgan fingerprint density at radius 1 is 1.53 bits per heavy atom. The third-order valence-electron chi connectivity index (χ3n) is 2.45. The summed E-state index contributed by atoms with van der Waals surface area (Å²) < 4.78 is 1.58. The van der Waals surface area contributed by atoms with E-state index in [1.807, 2.05) is 0 Å². The van der Waals surface area contributed by atoms with Crippen molar-refractivity contribution in [2.75, 3.05) is 6.61 Å². The zero-order chi connectivity index (χ0) is 10.8. The SMILES string of the molecule is O=c1ccn([C@H]2CC[C@H](CO)[Se]2)c(=O)[nH]1. The first kappa shape index (κ1) is 10.7. The molecule has 2 N–H and O–H groups in total. The number of hydrogen-bond donors (Lipinski definition) is 2. The first-order valence-corrected chi connectivity index (χ1v) is 6.76. The summed E-state index contributed by atoms with van der Waals surface area (Å²) in [5, 5.41) is 9.01. The molecule has 0 radical (unpaired) electrons. The van der Waals surface area contributed by atoms with Gasteiger partial charge in [0.2, 0.25) is 0 Å². The molecule has 82 valence electrons. The standard InChI is InChI=1S/C9H12N2O3Se/c12-5-6-1-2-8(15-6)11-4-3-7(13)10-9(11)14/h3-4,6,8,12H,1-2,5H2,(H,10,13,14)/t6-,8-/m1/s1. The third kappa shape index (κ3) is 2.22. The molecule has 0 bridgehead atoms. The number of aliphatic hydroxyl groups excluding tert-OH is 1. The first-order chi connectivity index (χ1) is 7.20. The molecule has 2 heterocycles. The van der Waals surface area contributed by atoms with Gasteiger partial charge in [-0.2, -0.15) is 0 Å². The molecule has 0 saturated carbocycles. The summed E-state index contributed by atoms with van der Waals surface area (Å²) in [6.07, 6.45) is 3.43. The molecule has 15 heavy (non-hydrogen) atoms. The quantitative estimate of drug-likeness (QED) is 0.702. The van der Waals surface area contributed by atoms with Crippen molar-refractivity contribution in [1.29, 1.82) is 0 Å². The maximum absolute atomic E-state index is 11.5. The molecule has 0 spiro atoms. The summed E-state index contributed by atoms with van der Waals surface area (Å²) in [5.74, 6) is 0. The Hall–Kier alpha value is -0.841. The molecule has 0 unspecified atom stereocenters. The second-order valence-corrected chi connectivity index (χ2v) is 6.60. The van der Waals surface area contributed by atoms with Crippen LogP contribution < -0.4 is 11.2 Å². The fourth-order valence-electron chi connectivity index (χ4n) is 1.68. The first-order valence-electron chi connectivity index (χ1n) is 4.78. The van der Waals surface area contributed by atoms with Gasteiger partial charge in [0.05, 0.1) is 0 Å². The molecule has 1 aliphatic rings. The van der Waals surface area contributed by atoms with Crippen LogP contribution in [0.2, 0.25) is 4.82 Å². The number of nitrogens with one attached hydrogen (secondary N) is 1. The fourth-order valence-corrected chi connectivity index (χ4v) is 4.56. The molecule has 0 aliphatic carbocycles. The minimum atomic E-state index is -0.361. The number of H-pyrrole nitrogens is 1. The van der Waals surface area contributed by atoms with Gasteiger partial charge < -0.3 is 0 Å². The van der Waals surface area contributed by atoms with Crippen molar-refractivity contribution in [2.24, 2.45) is 0 Å². The molecule has 1 fully saturated rings. The third-order valence-corrected chi connectivity index (χ3v) is 5.70. The summed E-state index contributed by atoms with van der Waals surface area (Å²) >= 11 is 0.233. The van der Waals surface area contributed by atoms with Crippen LogP contribution >= 0.6 is 0 Å². The molecule has 6 heteroatoms. The topological polar surface area (TPSA) is 75.1 Å². The molecule has 5 nitrogen and oxygen atoms in total. The molecule has 1 aromatic rings. The maximum atomic E-state index is 11.5. The van der Waals surface area contributed by atoms with E-state index in [0.29, 0.717) is 4.82 Å². The van der Waals surface area contributed by atoms with Crippen LogP contribution in [0.5, 0.6) is 0 Å². The predicted octanol–water partition coefficient (Wildman–Crippen LogP) is -0.686. The zero-order valence-electron chi connectivity index (χ0n) is 8.05. The molecular formula is C9H12N2O3Se. The van der Waals surface area contributed by atoms with Gasteiger partial charge in [0.25, 0.3) is 0 Å². The van der Waals surface area contributed by atoms with E-state index in [1.165, 1.54) is 6.07 Å². The van der Waals surface area contributed by atoms with Gasteiger partial charge in [-0.25, -0.2) is 0 Å². The number of rotatable bonds is 2. The van der Waals surface area contributed by atoms with Crippen LogP contribution in [0.3, 0.4) is 0 Å². The van der Waals surface area contributed by atoms with Crippen LogP contribution in [0, 0.1) is 0 Å². The molecule has 2 rings (SSSR count). The van der Waals surface area contributed by atoms with Crippen LogP contribution in [0.25, 0.3) is 0 Å². The van der Waals surface area contributed by atoms with Gasteiger partial charge in [0.15, 0.2) is 0 Å². The average molecular weight is 275 g/mol. The van der Waals surface area contributed by atoms with Gasteiger partial charge in [-0.05, 0) is 0 Å². The summed E-state index contributed by atoms with van der Waals surface area (Å²) in [5.41, 5.74) is -0.701. The number of aliphatic hydroxyl groups is 1. The van der Waals surface area contributed by atoms with Crippen LogP contribution in [0.15, 0.2) is 21.9 Å². The average Bonchev–Trinajstić information content (AvgIpc) is 2.66. The van der Waals surface area contributed by atoms with Crippen molar-refractivity contribution in [3.8, 4) is 0 Å². The predicted molar refractivity (Wildman–Crippen MR) is 56.2 cm³/mol. The second kappa shape index (κ2) is 4.35. The van der Waals surface area contributed by atoms with Crippen molar-refractivity contribution in [1.82, 2.24) is 9.55 Å². The van der Waals surface area contributed by atoms with E-state index in [2.05, 4.69) is 4.98 Å². The molecule has 2 atom stereocenters. The summed E-state index contributed by atoms with van der Waals surface area (Å²) in [6, 6.07) is 1.36. The van der Waals surface area contributed by atoms with Gasteiger partial charge in [-0.15, -0.1) is 0 Å². The van der Waals surface area contributed by atoms with Crippen molar-refractivity contribution in [3.63, 3.8) is 0 Å². The molecule has 1 aliphatic heterocycles. The van der Waals surface area contributed by atoms with Gasteiger partial charge in [-0.1, -0.05) is 0 Å². The molecule has 1 saturated heterocycles. The van der Waals surface area contributed by atoms with E-state index in [9.17, 15) is 9.59 Å². The molecule has 0 amide bonds. The van der Waals surface area contributed by atoms with Gasteiger partial charge in [-0.3, -0.25) is 0 Å². The van der Waals surface area contributed by atoms with E-state index < -0.39 is 0 Å². The Bertz CT molecular complexity index is 453. The normalized spacial score (nSPS) is 25.7. The van der Waals surface area contributed by atoms with Gasteiger partial charge >= 0.3 is 91.9 Å². The molecule has 0 aromatic carbocycles. The Kier molecular flexibility index (Phi) is 3.09. The van der Waals surface area contributed by atoms with E-state index in [1.54, 1.807) is 10.8 Å². The number of nitrogens with zero attached hydrogens (tertiary/aromatic N) is 1. The van der Waals surface area contributed by atoms with Crippen LogP contribution in [0.4, 0.5) is 0 Å².